The van der Waals surface area contributed by atoms with Crippen molar-refractivity contribution in [2.45, 2.75) is 6.54 Å². The number of rotatable bonds is 6. The molecule has 0 unspecified atom stereocenters. The Morgan fingerprint density at radius 2 is 2.07 bits per heavy atom. The molecule has 4 aromatic rings. The van der Waals surface area contributed by atoms with Crippen LogP contribution in [0.4, 0.5) is 5.82 Å². The molecule has 9 heteroatoms. The maximum absolute atomic E-state index is 12.7. The van der Waals surface area contributed by atoms with Gasteiger partial charge in [-0.05, 0) is 18.2 Å². The van der Waals surface area contributed by atoms with E-state index in [9.17, 15) is 9.59 Å². The monoisotopic (exact) mass is 400 g/mol. The average Bonchev–Trinajstić information content (AvgIpc) is 3.10. The maximum Gasteiger partial charge on any atom is 0.328 e. The zero-order valence-corrected chi connectivity index (χ0v) is 15.9. The van der Waals surface area contributed by atoms with Crippen LogP contribution in [0.3, 0.4) is 0 Å². The third-order valence-electron chi connectivity index (χ3n) is 4.59. The van der Waals surface area contributed by atoms with Gasteiger partial charge in [-0.1, -0.05) is 30.3 Å². The summed E-state index contributed by atoms with van der Waals surface area (Å²) in [6.45, 7) is 0.206. The van der Waals surface area contributed by atoms with Crippen LogP contribution in [0.25, 0.3) is 22.6 Å². The van der Waals surface area contributed by atoms with E-state index in [4.69, 9.17) is 10.00 Å². The minimum atomic E-state index is -0.401. The number of H-pyrrole nitrogens is 1. The van der Waals surface area contributed by atoms with Crippen LogP contribution in [0, 0.1) is 11.3 Å². The topological polar surface area (TPSA) is 126 Å². The standard InChI is InChI=1S/C21H16N6O3/c1-30-16-8-3-2-6-15(16)11-27-20-17(24-21(27)29)19(23-12-28)25-18(26-20)14-7-4-5-13(9-14)10-22/h2-9,12H,11H2,1H3,(H,24,29)(H,23,25,26,28). The highest BCUT2D eigenvalue weighted by Crippen LogP contribution is 2.25. The molecule has 0 saturated carbocycles. The van der Waals surface area contributed by atoms with Crippen LogP contribution in [0.2, 0.25) is 0 Å². The number of carbonyl (C=O) groups excluding carboxylic acids is 1. The van der Waals surface area contributed by atoms with Crippen LogP contribution >= 0.6 is 0 Å². The fraction of sp³-hybridized carbons (Fsp3) is 0.0952. The number of hydrogen-bond donors (Lipinski definition) is 2. The van der Waals surface area contributed by atoms with Crippen molar-refractivity contribution < 1.29 is 9.53 Å². The number of hydrogen-bond acceptors (Lipinski definition) is 6. The highest BCUT2D eigenvalue weighted by Gasteiger charge is 2.17. The molecule has 2 heterocycles. The van der Waals surface area contributed by atoms with Crippen molar-refractivity contribution in [2.24, 2.45) is 0 Å². The normalized spacial score (nSPS) is 10.5. The van der Waals surface area contributed by atoms with Gasteiger partial charge in [0, 0.05) is 11.1 Å². The third kappa shape index (κ3) is 3.38. The molecule has 0 bridgehead atoms. The summed E-state index contributed by atoms with van der Waals surface area (Å²) in [5.41, 5.74) is 2.05. The fourth-order valence-corrected chi connectivity index (χ4v) is 3.20. The largest absolute Gasteiger partial charge is 0.496 e. The predicted octanol–water partition coefficient (Wildman–Crippen LogP) is 2.28. The summed E-state index contributed by atoms with van der Waals surface area (Å²) in [4.78, 5) is 35.4. The highest BCUT2D eigenvalue weighted by atomic mass is 16.5. The van der Waals surface area contributed by atoms with E-state index in [1.54, 1.807) is 31.4 Å². The second-order valence-corrected chi connectivity index (χ2v) is 6.38. The van der Waals surface area contributed by atoms with Gasteiger partial charge in [0.15, 0.2) is 17.3 Å². The quantitative estimate of drug-likeness (QED) is 0.478. The van der Waals surface area contributed by atoms with E-state index in [0.29, 0.717) is 34.5 Å². The van der Waals surface area contributed by atoms with E-state index in [0.717, 1.165) is 5.56 Å². The van der Waals surface area contributed by atoms with E-state index in [1.165, 1.54) is 4.57 Å². The number of amides is 1. The fourth-order valence-electron chi connectivity index (χ4n) is 3.20. The SMILES string of the molecule is COc1ccccc1Cn1c(=O)[nH]c2c(NC=O)nc(-c3cccc(C#N)c3)nc21. The molecule has 0 atom stereocenters. The number of aromatic nitrogens is 4. The summed E-state index contributed by atoms with van der Waals surface area (Å²) >= 11 is 0. The lowest BCUT2D eigenvalue weighted by Crippen LogP contribution is -2.18. The molecule has 0 spiro atoms. The number of nitrogens with one attached hydrogen (secondary N) is 2. The number of nitriles is 1. The summed E-state index contributed by atoms with van der Waals surface area (Å²) in [7, 11) is 1.56. The van der Waals surface area contributed by atoms with Gasteiger partial charge in [-0.2, -0.15) is 5.26 Å². The van der Waals surface area contributed by atoms with Gasteiger partial charge in [-0.15, -0.1) is 0 Å². The van der Waals surface area contributed by atoms with Crippen LogP contribution in [0.1, 0.15) is 11.1 Å². The Hall–Kier alpha value is -4.45. The molecular weight excluding hydrogens is 384 g/mol. The van der Waals surface area contributed by atoms with Gasteiger partial charge in [-0.3, -0.25) is 9.36 Å². The minimum absolute atomic E-state index is 0.170. The van der Waals surface area contributed by atoms with Gasteiger partial charge in [0.1, 0.15) is 11.3 Å². The summed E-state index contributed by atoms with van der Waals surface area (Å²) < 4.78 is 6.83. The molecular formula is C21H16N6O3. The Morgan fingerprint density at radius 1 is 1.23 bits per heavy atom. The smallest absolute Gasteiger partial charge is 0.328 e. The van der Waals surface area contributed by atoms with Crippen molar-refractivity contribution >= 4 is 23.4 Å². The van der Waals surface area contributed by atoms with Crippen LogP contribution in [0.15, 0.2) is 53.3 Å². The summed E-state index contributed by atoms with van der Waals surface area (Å²) in [6, 6.07) is 16.2. The first-order chi connectivity index (χ1) is 14.6. The van der Waals surface area contributed by atoms with Crippen LogP contribution < -0.4 is 15.7 Å². The number of methoxy groups -OCH3 is 1. The van der Waals surface area contributed by atoms with Crippen molar-refractivity contribution in [2.75, 3.05) is 12.4 Å². The molecule has 0 radical (unpaired) electrons. The van der Waals surface area contributed by atoms with Crippen molar-refractivity contribution in [3.05, 3.63) is 70.1 Å². The van der Waals surface area contributed by atoms with Crippen molar-refractivity contribution in [3.63, 3.8) is 0 Å². The molecule has 0 aliphatic rings. The van der Waals surface area contributed by atoms with E-state index < -0.39 is 5.69 Å². The number of carbonyl (C=O) groups is 1. The summed E-state index contributed by atoms with van der Waals surface area (Å²) in [5.74, 6) is 1.08. The van der Waals surface area contributed by atoms with Gasteiger partial charge in [0.2, 0.25) is 6.41 Å². The molecule has 9 nitrogen and oxygen atoms in total. The van der Waals surface area contributed by atoms with Crippen molar-refractivity contribution in [3.8, 4) is 23.2 Å². The molecule has 0 aliphatic heterocycles. The minimum Gasteiger partial charge on any atom is -0.496 e. The number of benzene rings is 2. The van der Waals surface area contributed by atoms with E-state index in [-0.39, 0.29) is 18.2 Å². The first-order valence-electron chi connectivity index (χ1n) is 8.97. The Bertz CT molecular complexity index is 1350. The Labute approximate surface area is 170 Å². The van der Waals surface area contributed by atoms with Crippen molar-refractivity contribution in [1.82, 2.24) is 19.5 Å². The zero-order valence-electron chi connectivity index (χ0n) is 15.9. The molecule has 0 fully saturated rings. The van der Waals surface area contributed by atoms with E-state index >= 15 is 0 Å². The van der Waals surface area contributed by atoms with Crippen LogP contribution in [0.5, 0.6) is 5.75 Å². The van der Waals surface area contributed by atoms with Gasteiger partial charge >= 0.3 is 5.69 Å². The maximum atomic E-state index is 12.7. The number of para-hydroxylation sites is 1. The van der Waals surface area contributed by atoms with Gasteiger partial charge in [0.05, 0.1) is 25.3 Å². The second-order valence-electron chi connectivity index (χ2n) is 6.38. The van der Waals surface area contributed by atoms with Crippen molar-refractivity contribution in [1.29, 1.82) is 5.26 Å². The lowest BCUT2D eigenvalue weighted by molar-refractivity contribution is -0.105. The zero-order chi connectivity index (χ0) is 21.1. The third-order valence-corrected chi connectivity index (χ3v) is 4.59. The van der Waals surface area contributed by atoms with Crippen LogP contribution in [-0.4, -0.2) is 33.0 Å². The Kier molecular flexibility index (Phi) is 4.97. The number of nitrogens with zero attached hydrogens (tertiary/aromatic N) is 4. The highest BCUT2D eigenvalue weighted by molar-refractivity contribution is 5.90. The number of ether oxygens (including phenoxy) is 1. The van der Waals surface area contributed by atoms with Gasteiger partial charge in [-0.25, -0.2) is 14.8 Å². The lowest BCUT2D eigenvalue weighted by atomic mass is 10.1. The lowest BCUT2D eigenvalue weighted by Gasteiger charge is -2.10. The Balaban J connectivity index is 1.92. The van der Waals surface area contributed by atoms with Gasteiger partial charge in [0.25, 0.3) is 0 Å². The molecule has 2 aromatic carbocycles. The molecule has 0 saturated heterocycles. The van der Waals surface area contributed by atoms with E-state index in [2.05, 4.69) is 26.3 Å². The predicted molar refractivity (Wildman–Crippen MR) is 110 cm³/mol. The number of imidazole rings is 1. The first-order valence-corrected chi connectivity index (χ1v) is 8.97. The number of aromatic amines is 1. The van der Waals surface area contributed by atoms with E-state index in [1.807, 2.05) is 24.3 Å². The number of fused-ring (bicyclic) bond motifs is 1. The molecule has 148 valence electrons. The summed E-state index contributed by atoms with van der Waals surface area (Å²) in [5, 5.41) is 11.7. The molecule has 0 aliphatic carbocycles. The first kappa shape index (κ1) is 18.9. The molecule has 2 aromatic heterocycles. The summed E-state index contributed by atoms with van der Waals surface area (Å²) in [6.07, 6.45) is 0.479. The number of anilines is 1. The average molecular weight is 400 g/mol. The molecule has 1 amide bonds. The van der Waals surface area contributed by atoms with Crippen LogP contribution in [-0.2, 0) is 11.3 Å². The molecule has 2 N–H and O–H groups in total. The second kappa shape index (κ2) is 7.89. The van der Waals surface area contributed by atoms with Gasteiger partial charge < -0.3 is 15.0 Å². The Morgan fingerprint density at radius 3 is 2.83 bits per heavy atom. The molecule has 4 rings (SSSR count). The molecule has 30 heavy (non-hydrogen) atoms.